The lowest BCUT2D eigenvalue weighted by atomic mass is 9.99. The van der Waals surface area contributed by atoms with E-state index in [4.69, 9.17) is 0 Å². The molecule has 2 atom stereocenters. The van der Waals surface area contributed by atoms with Crippen LogP contribution >= 0.6 is 0 Å². The molecule has 4 rings (SSSR count). The summed E-state index contributed by atoms with van der Waals surface area (Å²) in [4.78, 5) is 16.5. The second-order valence-corrected chi connectivity index (χ2v) is 6.32. The third-order valence-electron chi connectivity index (χ3n) is 4.88. The van der Waals surface area contributed by atoms with Crippen molar-refractivity contribution in [3.8, 4) is 5.69 Å². The Bertz CT molecular complexity index is 683. The first kappa shape index (κ1) is 14.4. The Hall–Kier alpha value is -2.21. The minimum absolute atomic E-state index is 0.121. The summed E-state index contributed by atoms with van der Waals surface area (Å²) < 4.78 is 0. The molecule has 2 aliphatic heterocycles. The highest BCUT2D eigenvalue weighted by Crippen LogP contribution is 2.27. The molecule has 2 unspecified atom stereocenters. The first-order chi connectivity index (χ1) is 11.3. The molecule has 0 radical (unpaired) electrons. The standard InChI is InChI=1S/C17H21N5O/c23-17(19-14-9-11-21-10-5-4-8-16(14)21)15-12-18-22(20-15)13-6-2-1-3-7-13/h1-3,6-7,12,14,16H,4-5,8-11H2,(H,19,23). The van der Waals surface area contributed by atoms with Crippen molar-refractivity contribution in [1.82, 2.24) is 25.2 Å². The summed E-state index contributed by atoms with van der Waals surface area (Å²) >= 11 is 0. The number of hydrogen-bond acceptors (Lipinski definition) is 4. The summed E-state index contributed by atoms with van der Waals surface area (Å²) in [5.74, 6) is -0.121. The second kappa shape index (κ2) is 6.12. The molecule has 23 heavy (non-hydrogen) atoms. The van der Waals surface area contributed by atoms with Crippen LogP contribution in [0.4, 0.5) is 0 Å². The van der Waals surface area contributed by atoms with Gasteiger partial charge in [0.1, 0.15) is 0 Å². The van der Waals surface area contributed by atoms with Gasteiger partial charge in [-0.15, -0.1) is 5.10 Å². The van der Waals surface area contributed by atoms with E-state index in [2.05, 4.69) is 20.4 Å². The molecule has 1 aromatic carbocycles. The van der Waals surface area contributed by atoms with E-state index < -0.39 is 0 Å². The third-order valence-corrected chi connectivity index (χ3v) is 4.88. The maximum Gasteiger partial charge on any atom is 0.273 e. The van der Waals surface area contributed by atoms with Crippen LogP contribution in [0.2, 0.25) is 0 Å². The molecule has 120 valence electrons. The summed E-state index contributed by atoms with van der Waals surface area (Å²) in [5, 5.41) is 11.7. The van der Waals surface area contributed by atoms with Gasteiger partial charge in [-0.25, -0.2) is 0 Å². The summed E-state index contributed by atoms with van der Waals surface area (Å²) in [7, 11) is 0. The van der Waals surface area contributed by atoms with Crippen LogP contribution in [0.15, 0.2) is 36.5 Å². The lowest BCUT2D eigenvalue weighted by molar-refractivity contribution is 0.0910. The fourth-order valence-corrected chi connectivity index (χ4v) is 3.71. The largest absolute Gasteiger partial charge is 0.346 e. The third kappa shape index (κ3) is 2.86. The van der Waals surface area contributed by atoms with Gasteiger partial charge in [0.15, 0.2) is 5.69 Å². The molecule has 0 bridgehead atoms. The van der Waals surface area contributed by atoms with Gasteiger partial charge in [0.25, 0.3) is 5.91 Å². The van der Waals surface area contributed by atoms with Crippen molar-refractivity contribution in [3.63, 3.8) is 0 Å². The van der Waals surface area contributed by atoms with Gasteiger partial charge in [-0.05, 0) is 37.9 Å². The van der Waals surface area contributed by atoms with Crippen molar-refractivity contribution in [2.75, 3.05) is 13.1 Å². The molecule has 0 saturated carbocycles. The Morgan fingerprint density at radius 3 is 2.87 bits per heavy atom. The van der Waals surface area contributed by atoms with Crippen LogP contribution in [0, 0.1) is 0 Å². The van der Waals surface area contributed by atoms with E-state index in [-0.39, 0.29) is 11.9 Å². The van der Waals surface area contributed by atoms with Crippen molar-refractivity contribution in [3.05, 3.63) is 42.2 Å². The molecule has 6 nitrogen and oxygen atoms in total. The van der Waals surface area contributed by atoms with Crippen LogP contribution in [0.3, 0.4) is 0 Å². The molecule has 0 aliphatic carbocycles. The van der Waals surface area contributed by atoms with E-state index in [9.17, 15) is 4.79 Å². The lowest BCUT2D eigenvalue weighted by Crippen LogP contribution is -2.46. The normalized spacial score (nSPS) is 24.3. The zero-order valence-corrected chi connectivity index (χ0v) is 13.1. The van der Waals surface area contributed by atoms with Crippen molar-refractivity contribution >= 4 is 5.91 Å². The van der Waals surface area contributed by atoms with Crippen molar-refractivity contribution in [2.24, 2.45) is 0 Å². The number of fused-ring (bicyclic) bond motifs is 1. The van der Waals surface area contributed by atoms with Gasteiger partial charge in [0, 0.05) is 18.6 Å². The Labute approximate surface area is 135 Å². The van der Waals surface area contributed by atoms with E-state index in [1.807, 2.05) is 30.3 Å². The Morgan fingerprint density at radius 2 is 2.00 bits per heavy atom. The number of carbonyl (C=O) groups excluding carboxylic acids is 1. The molecule has 3 heterocycles. The SMILES string of the molecule is O=C(NC1CCN2CCCCC12)c1cnn(-c2ccccc2)n1. The molecule has 6 heteroatoms. The molecule has 2 saturated heterocycles. The van der Waals surface area contributed by atoms with Gasteiger partial charge in [-0.1, -0.05) is 24.6 Å². The van der Waals surface area contributed by atoms with Crippen molar-refractivity contribution < 1.29 is 4.79 Å². The van der Waals surface area contributed by atoms with Crippen LogP contribution in [-0.2, 0) is 0 Å². The highest BCUT2D eigenvalue weighted by Gasteiger charge is 2.36. The predicted molar refractivity (Wildman–Crippen MR) is 86.4 cm³/mol. The number of rotatable bonds is 3. The molecular weight excluding hydrogens is 290 g/mol. The van der Waals surface area contributed by atoms with Gasteiger partial charge < -0.3 is 5.32 Å². The van der Waals surface area contributed by atoms with Crippen LogP contribution < -0.4 is 5.32 Å². The van der Waals surface area contributed by atoms with Crippen LogP contribution in [-0.4, -0.2) is 51.0 Å². The zero-order valence-electron chi connectivity index (χ0n) is 13.1. The first-order valence-corrected chi connectivity index (χ1v) is 8.34. The van der Waals surface area contributed by atoms with Gasteiger partial charge in [-0.2, -0.15) is 9.90 Å². The fourth-order valence-electron chi connectivity index (χ4n) is 3.71. The Balaban J connectivity index is 1.45. The van der Waals surface area contributed by atoms with Crippen molar-refractivity contribution in [2.45, 2.75) is 37.8 Å². The first-order valence-electron chi connectivity index (χ1n) is 8.34. The molecule has 2 fully saturated rings. The van der Waals surface area contributed by atoms with Crippen LogP contribution in [0.5, 0.6) is 0 Å². The maximum absolute atomic E-state index is 12.5. The number of nitrogens with zero attached hydrogens (tertiary/aromatic N) is 4. The number of para-hydroxylation sites is 1. The minimum Gasteiger partial charge on any atom is -0.346 e. The average Bonchev–Trinajstić information content (AvgIpc) is 3.24. The highest BCUT2D eigenvalue weighted by atomic mass is 16.2. The molecule has 1 aromatic heterocycles. The number of benzene rings is 1. The van der Waals surface area contributed by atoms with Gasteiger partial charge in [0.2, 0.25) is 0 Å². The Kier molecular flexibility index (Phi) is 3.83. The topological polar surface area (TPSA) is 63.1 Å². The Morgan fingerprint density at radius 1 is 1.13 bits per heavy atom. The van der Waals surface area contributed by atoms with E-state index in [1.54, 1.807) is 0 Å². The molecule has 1 amide bonds. The van der Waals surface area contributed by atoms with Gasteiger partial charge in [-0.3, -0.25) is 9.69 Å². The van der Waals surface area contributed by atoms with Crippen molar-refractivity contribution in [1.29, 1.82) is 0 Å². The quantitative estimate of drug-likeness (QED) is 0.936. The van der Waals surface area contributed by atoms with E-state index in [1.165, 1.54) is 36.8 Å². The van der Waals surface area contributed by atoms with Crippen LogP contribution in [0.25, 0.3) is 5.69 Å². The molecular formula is C17H21N5O. The molecule has 0 spiro atoms. The number of carbonyl (C=O) groups is 1. The van der Waals surface area contributed by atoms with E-state index >= 15 is 0 Å². The molecule has 1 N–H and O–H groups in total. The van der Waals surface area contributed by atoms with Gasteiger partial charge in [0.05, 0.1) is 11.9 Å². The predicted octanol–water partition coefficient (Wildman–Crippen LogP) is 1.62. The summed E-state index contributed by atoms with van der Waals surface area (Å²) in [6.07, 6.45) is 6.29. The molecule has 2 aromatic rings. The smallest absolute Gasteiger partial charge is 0.273 e. The summed E-state index contributed by atoms with van der Waals surface area (Å²) in [6, 6.07) is 10.4. The number of piperidine rings is 1. The highest BCUT2D eigenvalue weighted by molar-refractivity contribution is 5.92. The fraction of sp³-hybridized carbons (Fsp3) is 0.471. The average molecular weight is 311 g/mol. The zero-order chi connectivity index (χ0) is 15.6. The summed E-state index contributed by atoms with van der Waals surface area (Å²) in [5.41, 5.74) is 1.23. The number of hydrogen-bond donors (Lipinski definition) is 1. The second-order valence-electron chi connectivity index (χ2n) is 6.32. The van der Waals surface area contributed by atoms with E-state index in [0.29, 0.717) is 11.7 Å². The lowest BCUT2D eigenvalue weighted by Gasteiger charge is -2.32. The number of nitrogens with one attached hydrogen (secondary N) is 1. The minimum atomic E-state index is -0.121. The van der Waals surface area contributed by atoms with E-state index in [0.717, 1.165) is 18.7 Å². The molecule has 2 aliphatic rings. The monoisotopic (exact) mass is 311 g/mol. The number of aromatic nitrogens is 3. The summed E-state index contributed by atoms with van der Waals surface area (Å²) in [6.45, 7) is 2.26. The van der Waals surface area contributed by atoms with Gasteiger partial charge >= 0.3 is 0 Å². The number of amides is 1. The van der Waals surface area contributed by atoms with Crippen LogP contribution in [0.1, 0.15) is 36.2 Å². The maximum atomic E-state index is 12.5.